The quantitative estimate of drug-likeness (QED) is 0.883. The maximum atomic E-state index is 12.3. The number of carbonyl (C=O) groups is 1. The minimum Gasteiger partial charge on any atom is -0.346 e. The van der Waals surface area contributed by atoms with Crippen molar-refractivity contribution in [2.75, 3.05) is 13.1 Å². The number of hydrogen-bond acceptors (Lipinski definition) is 5. The number of benzene rings is 1. The molecule has 0 spiro atoms. The predicted molar refractivity (Wildman–Crippen MR) is 85.2 cm³/mol. The van der Waals surface area contributed by atoms with E-state index in [9.17, 15) is 4.79 Å². The Morgan fingerprint density at radius 3 is 2.86 bits per heavy atom. The van der Waals surface area contributed by atoms with Crippen LogP contribution in [0.5, 0.6) is 0 Å². The fourth-order valence-corrected chi connectivity index (χ4v) is 3.39. The van der Waals surface area contributed by atoms with E-state index >= 15 is 0 Å². The predicted octanol–water partition coefficient (Wildman–Crippen LogP) is 2.34. The van der Waals surface area contributed by atoms with Crippen molar-refractivity contribution in [2.24, 2.45) is 5.92 Å². The van der Waals surface area contributed by atoms with Crippen LogP contribution in [0.2, 0.25) is 0 Å². The summed E-state index contributed by atoms with van der Waals surface area (Å²) >= 11 is 1.38. The van der Waals surface area contributed by atoms with Gasteiger partial charge in [-0.15, -0.1) is 11.3 Å². The number of rotatable bonds is 3. The van der Waals surface area contributed by atoms with Crippen LogP contribution in [0.15, 0.2) is 36.5 Å². The van der Waals surface area contributed by atoms with Gasteiger partial charge in [0, 0.05) is 18.7 Å². The summed E-state index contributed by atoms with van der Waals surface area (Å²) in [4.78, 5) is 18.9. The van der Waals surface area contributed by atoms with Crippen molar-refractivity contribution in [3.05, 3.63) is 41.4 Å². The zero-order valence-electron chi connectivity index (χ0n) is 12.2. The van der Waals surface area contributed by atoms with E-state index < -0.39 is 0 Å². The number of nitrogens with zero attached hydrogens (tertiary/aromatic N) is 3. The lowest BCUT2D eigenvalue weighted by Crippen LogP contribution is -2.39. The molecule has 6 heteroatoms. The van der Waals surface area contributed by atoms with Crippen LogP contribution < -0.4 is 5.32 Å². The Balaban J connectivity index is 1.69. The van der Waals surface area contributed by atoms with Crippen LogP contribution in [0, 0.1) is 17.4 Å². The highest BCUT2D eigenvalue weighted by molar-refractivity contribution is 7.16. The van der Waals surface area contributed by atoms with E-state index in [1.54, 1.807) is 11.1 Å². The monoisotopic (exact) mass is 312 g/mol. The van der Waals surface area contributed by atoms with E-state index in [1.165, 1.54) is 11.3 Å². The van der Waals surface area contributed by atoms with Crippen LogP contribution in [-0.4, -0.2) is 34.9 Å². The SMILES string of the molecule is C[C@@H]1CN(C#N)C[C@@H]1NC(=O)c1cnc(-c2ccccc2)s1. The van der Waals surface area contributed by atoms with E-state index in [2.05, 4.69) is 16.5 Å². The number of carbonyl (C=O) groups excluding carboxylic acids is 1. The molecule has 112 valence electrons. The van der Waals surface area contributed by atoms with Crippen molar-refractivity contribution >= 4 is 17.2 Å². The summed E-state index contributed by atoms with van der Waals surface area (Å²) in [6, 6.07) is 9.82. The number of nitrogens with one attached hydrogen (secondary N) is 1. The molecule has 0 bridgehead atoms. The molecule has 1 saturated heterocycles. The number of amides is 1. The molecule has 1 aliphatic heterocycles. The summed E-state index contributed by atoms with van der Waals surface area (Å²) in [5, 5.41) is 12.8. The fourth-order valence-electron chi connectivity index (χ4n) is 2.57. The molecule has 0 radical (unpaired) electrons. The van der Waals surface area contributed by atoms with E-state index in [0.29, 0.717) is 18.0 Å². The van der Waals surface area contributed by atoms with Crippen molar-refractivity contribution in [2.45, 2.75) is 13.0 Å². The maximum Gasteiger partial charge on any atom is 0.263 e. The molecule has 1 N–H and O–H groups in total. The summed E-state index contributed by atoms with van der Waals surface area (Å²) in [5.74, 6) is 0.154. The summed E-state index contributed by atoms with van der Waals surface area (Å²) < 4.78 is 0. The molecule has 0 aliphatic carbocycles. The Hall–Kier alpha value is -2.39. The zero-order chi connectivity index (χ0) is 15.5. The van der Waals surface area contributed by atoms with Crippen LogP contribution in [0.3, 0.4) is 0 Å². The third kappa shape index (κ3) is 2.95. The lowest BCUT2D eigenvalue weighted by atomic mass is 10.1. The molecule has 2 heterocycles. The number of aromatic nitrogens is 1. The first-order chi connectivity index (χ1) is 10.7. The lowest BCUT2D eigenvalue weighted by molar-refractivity contribution is 0.0936. The van der Waals surface area contributed by atoms with Gasteiger partial charge in [0.05, 0.1) is 12.2 Å². The van der Waals surface area contributed by atoms with Crippen LogP contribution in [0.4, 0.5) is 0 Å². The summed E-state index contributed by atoms with van der Waals surface area (Å²) in [5.41, 5.74) is 1.01. The largest absolute Gasteiger partial charge is 0.346 e. The van der Waals surface area contributed by atoms with Crippen molar-refractivity contribution in [1.29, 1.82) is 5.26 Å². The highest BCUT2D eigenvalue weighted by atomic mass is 32.1. The van der Waals surface area contributed by atoms with E-state index in [0.717, 1.165) is 10.6 Å². The van der Waals surface area contributed by atoms with E-state index in [1.807, 2.05) is 37.3 Å². The molecular formula is C16H16N4OS. The summed E-state index contributed by atoms with van der Waals surface area (Å²) in [7, 11) is 0. The van der Waals surface area contributed by atoms with Gasteiger partial charge in [-0.05, 0) is 5.92 Å². The minimum absolute atomic E-state index is 0.00873. The number of thiazole rings is 1. The van der Waals surface area contributed by atoms with Crippen molar-refractivity contribution in [3.8, 4) is 16.8 Å². The van der Waals surface area contributed by atoms with Crippen LogP contribution in [0.1, 0.15) is 16.6 Å². The summed E-state index contributed by atoms with van der Waals surface area (Å²) in [6.07, 6.45) is 3.75. The number of hydrogen-bond donors (Lipinski definition) is 1. The van der Waals surface area contributed by atoms with Crippen LogP contribution >= 0.6 is 11.3 Å². The molecule has 1 aromatic heterocycles. The normalized spacial score (nSPS) is 20.6. The molecular weight excluding hydrogens is 296 g/mol. The van der Waals surface area contributed by atoms with Crippen molar-refractivity contribution in [3.63, 3.8) is 0 Å². The first-order valence-electron chi connectivity index (χ1n) is 7.14. The molecule has 22 heavy (non-hydrogen) atoms. The highest BCUT2D eigenvalue weighted by Gasteiger charge is 2.30. The Bertz CT molecular complexity index is 706. The van der Waals surface area contributed by atoms with Gasteiger partial charge in [0.25, 0.3) is 5.91 Å². The average Bonchev–Trinajstić information content (AvgIpc) is 3.16. The molecule has 1 fully saturated rings. The topological polar surface area (TPSA) is 69.0 Å². The number of nitriles is 1. The van der Waals surface area contributed by atoms with Crippen molar-refractivity contribution < 1.29 is 4.79 Å². The van der Waals surface area contributed by atoms with Gasteiger partial charge in [-0.25, -0.2) is 4.98 Å². The minimum atomic E-state index is -0.115. The fraction of sp³-hybridized carbons (Fsp3) is 0.312. The first kappa shape index (κ1) is 14.5. The van der Waals surface area contributed by atoms with Gasteiger partial charge in [-0.1, -0.05) is 37.3 Å². The van der Waals surface area contributed by atoms with E-state index in [-0.39, 0.29) is 17.9 Å². The van der Waals surface area contributed by atoms with Gasteiger partial charge in [0.2, 0.25) is 0 Å². The molecule has 5 nitrogen and oxygen atoms in total. The maximum absolute atomic E-state index is 12.3. The molecule has 2 aromatic rings. The second-order valence-corrected chi connectivity index (χ2v) is 6.49. The Kier molecular flexibility index (Phi) is 4.07. The van der Waals surface area contributed by atoms with Gasteiger partial charge in [0.1, 0.15) is 9.88 Å². The second-order valence-electron chi connectivity index (χ2n) is 5.46. The number of likely N-dealkylation sites (tertiary alicyclic amines) is 1. The average molecular weight is 312 g/mol. The van der Waals surface area contributed by atoms with Crippen LogP contribution in [-0.2, 0) is 0 Å². The zero-order valence-corrected chi connectivity index (χ0v) is 13.0. The lowest BCUT2D eigenvalue weighted by Gasteiger charge is -2.14. The molecule has 1 amide bonds. The van der Waals surface area contributed by atoms with E-state index in [4.69, 9.17) is 5.26 Å². The van der Waals surface area contributed by atoms with Gasteiger partial charge < -0.3 is 10.2 Å². The summed E-state index contributed by atoms with van der Waals surface area (Å²) in [6.45, 7) is 3.32. The smallest absolute Gasteiger partial charge is 0.263 e. The Labute approximate surface area is 133 Å². The molecule has 0 unspecified atom stereocenters. The van der Waals surface area contributed by atoms with Gasteiger partial charge in [-0.3, -0.25) is 4.79 Å². The Morgan fingerprint density at radius 2 is 2.18 bits per heavy atom. The molecule has 0 saturated carbocycles. The van der Waals surface area contributed by atoms with Crippen LogP contribution in [0.25, 0.3) is 10.6 Å². The second kappa shape index (κ2) is 6.16. The third-order valence-corrected chi connectivity index (χ3v) is 4.87. The third-order valence-electron chi connectivity index (χ3n) is 3.82. The highest BCUT2D eigenvalue weighted by Crippen LogP contribution is 2.25. The molecule has 1 aromatic carbocycles. The molecule has 2 atom stereocenters. The van der Waals surface area contributed by atoms with Crippen molar-refractivity contribution in [1.82, 2.24) is 15.2 Å². The van der Waals surface area contributed by atoms with Gasteiger partial charge in [0.15, 0.2) is 6.19 Å². The van der Waals surface area contributed by atoms with Gasteiger partial charge >= 0.3 is 0 Å². The standard InChI is InChI=1S/C16H16N4OS/c1-11-8-20(10-17)9-13(11)19-15(21)14-7-18-16(22-14)12-5-3-2-4-6-12/h2-7,11,13H,8-9H2,1H3,(H,19,21)/t11-,13+/m1/s1. The first-order valence-corrected chi connectivity index (χ1v) is 7.96. The molecule has 3 rings (SSSR count). The van der Waals surface area contributed by atoms with Gasteiger partial charge in [-0.2, -0.15) is 5.26 Å². The molecule has 1 aliphatic rings. The Morgan fingerprint density at radius 1 is 1.41 bits per heavy atom.